The molecule has 0 aromatic rings. The molecule has 2 saturated heterocycles. The molecule has 2 rings (SSSR count). The van der Waals surface area contributed by atoms with Gasteiger partial charge in [-0.15, -0.1) is 0 Å². The Morgan fingerprint density at radius 3 is 2.80 bits per heavy atom. The number of nitrogens with zero attached hydrogens (tertiary/aromatic N) is 2. The number of hydrogen-bond donors (Lipinski definition) is 1. The molecule has 2 atom stereocenters. The second kappa shape index (κ2) is 3.81. The average Bonchev–Trinajstić information content (AvgIpc) is 2.32. The van der Waals surface area contributed by atoms with Gasteiger partial charge in [0.1, 0.15) is 0 Å². The van der Waals surface area contributed by atoms with Crippen molar-refractivity contribution in [3.63, 3.8) is 0 Å². The van der Waals surface area contributed by atoms with Gasteiger partial charge in [0.05, 0.1) is 12.1 Å². The lowest BCUT2D eigenvalue weighted by Crippen LogP contribution is -2.58. The summed E-state index contributed by atoms with van der Waals surface area (Å²) in [5, 5.41) is 3.16. The van der Waals surface area contributed by atoms with Gasteiger partial charge in [0.2, 0.25) is 5.91 Å². The van der Waals surface area contributed by atoms with Crippen LogP contribution < -0.4 is 5.73 Å². The van der Waals surface area contributed by atoms with Crippen molar-refractivity contribution < 1.29 is 9.59 Å². The monoisotopic (exact) mass is 211 g/mol. The fraction of sp³-hybridized carbons (Fsp3) is 0.800. The van der Waals surface area contributed by atoms with Crippen LogP contribution in [0, 0.1) is 0 Å². The fourth-order valence-electron chi connectivity index (χ4n) is 2.29. The lowest BCUT2D eigenvalue weighted by atomic mass is 10.1. The van der Waals surface area contributed by atoms with Crippen molar-refractivity contribution in [2.45, 2.75) is 44.7 Å². The summed E-state index contributed by atoms with van der Waals surface area (Å²) in [6, 6.07) is -0.418. The molecular weight excluding hydrogens is 194 g/mol. The van der Waals surface area contributed by atoms with Crippen LogP contribution in [-0.4, -0.2) is 40.5 Å². The van der Waals surface area contributed by atoms with Gasteiger partial charge in [-0.3, -0.25) is 14.6 Å². The summed E-state index contributed by atoms with van der Waals surface area (Å²) in [4.78, 5) is 23.7. The molecule has 2 N–H and O–H groups in total. The van der Waals surface area contributed by atoms with Gasteiger partial charge in [0.25, 0.3) is 5.91 Å². The molecule has 0 aromatic heterocycles. The molecule has 2 fully saturated rings. The number of hydrazine groups is 1. The van der Waals surface area contributed by atoms with Crippen molar-refractivity contribution in [3.05, 3.63) is 0 Å². The van der Waals surface area contributed by atoms with Crippen LogP contribution in [0.15, 0.2) is 0 Å². The first-order valence-electron chi connectivity index (χ1n) is 5.50. The molecule has 2 aliphatic rings. The highest BCUT2D eigenvalue weighted by molar-refractivity contribution is 5.88. The Kier molecular flexibility index (Phi) is 2.65. The van der Waals surface area contributed by atoms with Crippen molar-refractivity contribution in [2.24, 2.45) is 5.73 Å². The Morgan fingerprint density at radius 1 is 1.33 bits per heavy atom. The van der Waals surface area contributed by atoms with E-state index >= 15 is 0 Å². The van der Waals surface area contributed by atoms with Crippen LogP contribution in [0.4, 0.5) is 0 Å². The third-order valence-corrected chi connectivity index (χ3v) is 3.17. The Hall–Kier alpha value is -1.10. The molecule has 84 valence electrons. The molecule has 2 amide bonds. The Morgan fingerprint density at radius 2 is 2.07 bits per heavy atom. The van der Waals surface area contributed by atoms with Crippen LogP contribution in [0.25, 0.3) is 0 Å². The Balaban J connectivity index is 2.28. The van der Waals surface area contributed by atoms with Crippen molar-refractivity contribution in [2.75, 3.05) is 6.54 Å². The van der Waals surface area contributed by atoms with Gasteiger partial charge in [-0.2, -0.15) is 0 Å². The van der Waals surface area contributed by atoms with E-state index < -0.39 is 6.04 Å². The van der Waals surface area contributed by atoms with Crippen LogP contribution in [0.5, 0.6) is 0 Å². The SMILES string of the molecule is C[C@@H]1CCCN2C(=O)CC[C@H](N)C(=O)N12. The molecule has 0 aliphatic carbocycles. The highest BCUT2D eigenvalue weighted by Crippen LogP contribution is 2.23. The highest BCUT2D eigenvalue weighted by atomic mass is 16.2. The van der Waals surface area contributed by atoms with E-state index in [2.05, 4.69) is 0 Å². The van der Waals surface area contributed by atoms with Gasteiger partial charge in [-0.25, -0.2) is 5.01 Å². The molecule has 15 heavy (non-hydrogen) atoms. The normalized spacial score (nSPS) is 32.7. The molecule has 5 heteroatoms. The summed E-state index contributed by atoms with van der Waals surface area (Å²) in [5.74, 6) is -0.0732. The lowest BCUT2D eigenvalue weighted by Gasteiger charge is -2.42. The molecule has 0 radical (unpaired) electrons. The zero-order valence-electron chi connectivity index (χ0n) is 8.98. The number of nitrogens with two attached hydrogens (primary N) is 1. The smallest absolute Gasteiger partial charge is 0.258 e. The second-order valence-corrected chi connectivity index (χ2v) is 4.34. The molecule has 5 nitrogen and oxygen atoms in total. The number of amides is 2. The highest BCUT2D eigenvalue weighted by Gasteiger charge is 2.38. The van der Waals surface area contributed by atoms with E-state index in [4.69, 9.17) is 5.73 Å². The maximum absolute atomic E-state index is 11.9. The molecule has 0 spiro atoms. The van der Waals surface area contributed by atoms with E-state index in [0.29, 0.717) is 19.4 Å². The minimum absolute atomic E-state index is 0.0304. The summed E-state index contributed by atoms with van der Waals surface area (Å²) in [5.41, 5.74) is 5.74. The third kappa shape index (κ3) is 1.71. The second-order valence-electron chi connectivity index (χ2n) is 4.34. The van der Waals surface area contributed by atoms with Gasteiger partial charge in [0.15, 0.2) is 0 Å². The van der Waals surface area contributed by atoms with E-state index in [1.807, 2.05) is 6.92 Å². The predicted molar refractivity (Wildman–Crippen MR) is 54.5 cm³/mol. The minimum Gasteiger partial charge on any atom is -0.320 e. The summed E-state index contributed by atoms with van der Waals surface area (Å²) >= 11 is 0. The standard InChI is InChI=1S/C10H17N3O2/c1-7-3-2-6-12-9(14)5-4-8(11)10(15)13(7)12/h7-8H,2-6,11H2,1H3/t7-,8+/m1/s1. The van der Waals surface area contributed by atoms with Crippen LogP contribution in [0.2, 0.25) is 0 Å². The lowest BCUT2D eigenvalue weighted by molar-refractivity contribution is -0.171. The summed E-state index contributed by atoms with van der Waals surface area (Å²) < 4.78 is 0. The average molecular weight is 211 g/mol. The predicted octanol–water partition coefficient (Wildman–Crippen LogP) is -0.138. The number of fused-ring (bicyclic) bond motifs is 1. The summed E-state index contributed by atoms with van der Waals surface area (Å²) in [7, 11) is 0. The maximum Gasteiger partial charge on any atom is 0.258 e. The first kappa shape index (κ1) is 10.4. The molecule has 2 aliphatic heterocycles. The van der Waals surface area contributed by atoms with Crippen molar-refractivity contribution in [1.29, 1.82) is 0 Å². The van der Waals surface area contributed by atoms with Crippen LogP contribution >= 0.6 is 0 Å². The van der Waals surface area contributed by atoms with Crippen molar-refractivity contribution in [3.8, 4) is 0 Å². The van der Waals surface area contributed by atoms with Gasteiger partial charge >= 0.3 is 0 Å². The summed E-state index contributed by atoms with van der Waals surface area (Å²) in [6.45, 7) is 2.62. The van der Waals surface area contributed by atoms with Crippen LogP contribution in [0.1, 0.15) is 32.6 Å². The fourth-order valence-corrected chi connectivity index (χ4v) is 2.29. The zero-order valence-corrected chi connectivity index (χ0v) is 8.98. The quantitative estimate of drug-likeness (QED) is 0.606. The van der Waals surface area contributed by atoms with Gasteiger partial charge in [-0.1, -0.05) is 0 Å². The van der Waals surface area contributed by atoms with E-state index in [0.717, 1.165) is 12.8 Å². The molecule has 0 bridgehead atoms. The van der Waals surface area contributed by atoms with E-state index in [9.17, 15) is 9.59 Å². The van der Waals surface area contributed by atoms with Gasteiger partial charge in [0, 0.05) is 13.0 Å². The van der Waals surface area contributed by atoms with E-state index in [1.165, 1.54) is 0 Å². The van der Waals surface area contributed by atoms with Crippen LogP contribution in [0.3, 0.4) is 0 Å². The zero-order chi connectivity index (χ0) is 11.0. The van der Waals surface area contributed by atoms with E-state index in [1.54, 1.807) is 10.0 Å². The number of carbonyl (C=O) groups is 2. The molecule has 0 saturated carbocycles. The molecule has 0 aromatic carbocycles. The third-order valence-electron chi connectivity index (χ3n) is 3.17. The Bertz CT molecular complexity index is 292. The number of carbonyl (C=O) groups excluding carboxylic acids is 2. The van der Waals surface area contributed by atoms with Crippen LogP contribution in [-0.2, 0) is 9.59 Å². The topological polar surface area (TPSA) is 66.6 Å². The Labute approximate surface area is 89.2 Å². The largest absolute Gasteiger partial charge is 0.320 e. The van der Waals surface area contributed by atoms with Gasteiger partial charge < -0.3 is 5.73 Å². The number of rotatable bonds is 0. The maximum atomic E-state index is 11.9. The first-order valence-corrected chi connectivity index (χ1v) is 5.50. The molecule has 0 unspecified atom stereocenters. The molecular formula is C10H17N3O2. The number of hydrogen-bond acceptors (Lipinski definition) is 3. The van der Waals surface area contributed by atoms with Crippen molar-refractivity contribution in [1.82, 2.24) is 10.0 Å². The van der Waals surface area contributed by atoms with Crippen molar-refractivity contribution >= 4 is 11.8 Å². The van der Waals surface area contributed by atoms with E-state index in [-0.39, 0.29) is 17.9 Å². The molecule has 2 heterocycles. The van der Waals surface area contributed by atoms with Gasteiger partial charge in [-0.05, 0) is 26.2 Å². The minimum atomic E-state index is -0.514. The first-order chi connectivity index (χ1) is 7.11. The summed E-state index contributed by atoms with van der Waals surface area (Å²) in [6.07, 6.45) is 2.77.